The third-order valence-corrected chi connectivity index (χ3v) is 4.95. The summed E-state index contributed by atoms with van der Waals surface area (Å²) >= 11 is 0. The van der Waals surface area contributed by atoms with Crippen molar-refractivity contribution in [2.75, 3.05) is 29.1 Å². The van der Waals surface area contributed by atoms with Crippen molar-refractivity contribution >= 4 is 28.9 Å². The number of amides is 2. The Morgan fingerprint density at radius 3 is 2.42 bits per heavy atom. The molecule has 0 aliphatic carbocycles. The first-order valence-corrected chi connectivity index (χ1v) is 11.3. The smallest absolute Gasteiger partial charge is 0.416 e. The molecule has 0 unspecified atom stereocenters. The molecule has 0 fully saturated rings. The molecule has 0 spiro atoms. The largest absolute Gasteiger partial charge is 0.490 e. The molecule has 0 aliphatic heterocycles. The molecule has 5 N–H and O–H groups in total. The lowest BCUT2D eigenvalue weighted by molar-refractivity contribution is -0.137. The second-order valence-electron chi connectivity index (χ2n) is 7.78. The molecule has 0 atom stereocenters. The van der Waals surface area contributed by atoms with Crippen LogP contribution in [-0.2, 0) is 6.18 Å². The van der Waals surface area contributed by atoms with Gasteiger partial charge in [0.05, 0.1) is 11.3 Å². The van der Waals surface area contributed by atoms with Gasteiger partial charge in [0.2, 0.25) is 5.88 Å². The maximum atomic E-state index is 12.9. The molecular formula is C26H23F3N6O3. The molecule has 3 aromatic carbocycles. The van der Waals surface area contributed by atoms with Crippen molar-refractivity contribution in [1.29, 1.82) is 0 Å². The molecule has 2 amide bonds. The first kappa shape index (κ1) is 26.2. The lowest BCUT2D eigenvalue weighted by Gasteiger charge is -2.13. The van der Waals surface area contributed by atoms with Crippen LogP contribution in [0.15, 0.2) is 85.2 Å². The SMILES string of the molecule is NCCOc1ccccc1Nc1cc(Oc2ccc(NC(=O)Nc3cccc(C(F)(F)F)c3)cc2)ncn1. The van der Waals surface area contributed by atoms with Crippen LogP contribution in [0.4, 0.5) is 40.8 Å². The summed E-state index contributed by atoms with van der Waals surface area (Å²) in [6.07, 6.45) is -3.16. The predicted octanol–water partition coefficient (Wildman–Crippen LogP) is 6.01. The van der Waals surface area contributed by atoms with Gasteiger partial charge in [0.1, 0.15) is 30.3 Å². The molecule has 0 radical (unpaired) electrons. The Labute approximate surface area is 215 Å². The maximum absolute atomic E-state index is 12.9. The molecule has 9 nitrogen and oxygen atoms in total. The Morgan fingerprint density at radius 1 is 0.895 bits per heavy atom. The van der Waals surface area contributed by atoms with Gasteiger partial charge in [-0.25, -0.2) is 14.8 Å². The third kappa shape index (κ3) is 7.34. The number of alkyl halides is 3. The number of hydrogen-bond donors (Lipinski definition) is 4. The van der Waals surface area contributed by atoms with E-state index in [1.165, 1.54) is 18.5 Å². The Bertz CT molecular complexity index is 1380. The van der Waals surface area contributed by atoms with Gasteiger partial charge in [-0.1, -0.05) is 18.2 Å². The molecular weight excluding hydrogens is 501 g/mol. The zero-order chi connectivity index (χ0) is 27.0. The summed E-state index contributed by atoms with van der Waals surface area (Å²) in [4.78, 5) is 20.5. The van der Waals surface area contributed by atoms with Gasteiger partial charge in [0.15, 0.2) is 0 Å². The van der Waals surface area contributed by atoms with Crippen LogP contribution in [0.25, 0.3) is 0 Å². The van der Waals surface area contributed by atoms with Gasteiger partial charge in [-0.05, 0) is 54.6 Å². The molecule has 12 heteroatoms. The number of nitrogens with one attached hydrogen (secondary N) is 3. The van der Waals surface area contributed by atoms with Crippen molar-refractivity contribution in [2.24, 2.45) is 5.73 Å². The minimum Gasteiger partial charge on any atom is -0.490 e. The van der Waals surface area contributed by atoms with Crippen molar-refractivity contribution in [3.8, 4) is 17.4 Å². The minimum absolute atomic E-state index is 0.0130. The van der Waals surface area contributed by atoms with E-state index in [2.05, 4.69) is 25.9 Å². The first-order valence-electron chi connectivity index (χ1n) is 11.3. The van der Waals surface area contributed by atoms with Crippen LogP contribution in [0.1, 0.15) is 5.56 Å². The number of rotatable bonds is 9. The molecule has 4 rings (SSSR count). The van der Waals surface area contributed by atoms with Gasteiger partial charge in [0.25, 0.3) is 0 Å². The second-order valence-corrected chi connectivity index (χ2v) is 7.78. The van der Waals surface area contributed by atoms with Gasteiger partial charge >= 0.3 is 12.2 Å². The van der Waals surface area contributed by atoms with E-state index >= 15 is 0 Å². The van der Waals surface area contributed by atoms with Crippen molar-refractivity contribution in [3.63, 3.8) is 0 Å². The fourth-order valence-corrected chi connectivity index (χ4v) is 3.26. The number of aromatic nitrogens is 2. The monoisotopic (exact) mass is 524 g/mol. The highest BCUT2D eigenvalue weighted by Crippen LogP contribution is 2.31. The standard InChI is InChI=1S/C26H23F3N6O3/c27-26(28,29)17-4-3-5-19(14-17)34-25(36)33-18-8-10-20(11-9-18)38-24-15-23(31-16-32-24)35-21-6-1-2-7-22(21)37-13-12-30/h1-11,14-16H,12-13,30H2,(H,31,32,35)(H2,33,34,36). The zero-order valence-corrected chi connectivity index (χ0v) is 19.8. The molecule has 1 heterocycles. The number of carbonyl (C=O) groups is 1. The lowest BCUT2D eigenvalue weighted by Crippen LogP contribution is -2.19. The Kier molecular flexibility index (Phi) is 8.23. The van der Waals surface area contributed by atoms with E-state index in [9.17, 15) is 18.0 Å². The summed E-state index contributed by atoms with van der Waals surface area (Å²) in [5.74, 6) is 1.80. The van der Waals surface area contributed by atoms with E-state index in [-0.39, 0.29) is 11.6 Å². The average molecular weight is 525 g/mol. The fraction of sp³-hybridized carbons (Fsp3) is 0.115. The number of anilines is 4. The van der Waals surface area contributed by atoms with E-state index in [0.717, 1.165) is 12.1 Å². The van der Waals surface area contributed by atoms with Crippen LogP contribution in [0.5, 0.6) is 17.4 Å². The van der Waals surface area contributed by atoms with Gasteiger partial charge < -0.3 is 31.2 Å². The minimum atomic E-state index is -4.51. The summed E-state index contributed by atoms with van der Waals surface area (Å²) in [6, 6.07) is 19.0. The van der Waals surface area contributed by atoms with Crippen molar-refractivity contribution < 1.29 is 27.4 Å². The molecule has 0 aliphatic rings. The lowest BCUT2D eigenvalue weighted by atomic mass is 10.2. The van der Waals surface area contributed by atoms with Gasteiger partial charge in [0, 0.05) is 24.0 Å². The van der Waals surface area contributed by atoms with Crippen LogP contribution in [0.2, 0.25) is 0 Å². The topological polar surface area (TPSA) is 123 Å². The number of ether oxygens (including phenoxy) is 2. The molecule has 0 bridgehead atoms. The number of benzene rings is 3. The quantitative estimate of drug-likeness (QED) is 0.211. The molecule has 0 saturated heterocycles. The van der Waals surface area contributed by atoms with E-state index in [4.69, 9.17) is 15.2 Å². The Balaban J connectivity index is 1.35. The summed E-state index contributed by atoms with van der Waals surface area (Å²) < 4.78 is 50.0. The summed E-state index contributed by atoms with van der Waals surface area (Å²) in [5, 5.41) is 8.09. The van der Waals surface area contributed by atoms with Crippen molar-refractivity contribution in [3.05, 3.63) is 90.8 Å². The van der Waals surface area contributed by atoms with Gasteiger partial charge in [-0.15, -0.1) is 0 Å². The molecule has 4 aromatic rings. The molecule has 0 saturated carbocycles. The molecule has 38 heavy (non-hydrogen) atoms. The van der Waals surface area contributed by atoms with Crippen molar-refractivity contribution in [2.45, 2.75) is 6.18 Å². The zero-order valence-electron chi connectivity index (χ0n) is 19.8. The van der Waals surface area contributed by atoms with E-state index in [0.29, 0.717) is 41.8 Å². The Morgan fingerprint density at radius 2 is 1.66 bits per heavy atom. The van der Waals surface area contributed by atoms with Crippen LogP contribution >= 0.6 is 0 Å². The summed E-state index contributed by atoms with van der Waals surface area (Å²) in [5.41, 5.74) is 5.77. The number of carbonyl (C=O) groups excluding carboxylic acids is 1. The number of para-hydroxylation sites is 2. The highest BCUT2D eigenvalue weighted by atomic mass is 19.4. The highest BCUT2D eigenvalue weighted by Gasteiger charge is 2.30. The molecule has 1 aromatic heterocycles. The predicted molar refractivity (Wildman–Crippen MR) is 137 cm³/mol. The molecule has 196 valence electrons. The highest BCUT2D eigenvalue weighted by molar-refractivity contribution is 5.99. The number of nitrogens with two attached hydrogens (primary N) is 1. The summed E-state index contributed by atoms with van der Waals surface area (Å²) in [6.45, 7) is 0.753. The average Bonchev–Trinajstić information content (AvgIpc) is 2.89. The number of urea groups is 1. The summed E-state index contributed by atoms with van der Waals surface area (Å²) in [7, 11) is 0. The number of halogens is 3. The van der Waals surface area contributed by atoms with E-state index < -0.39 is 17.8 Å². The van der Waals surface area contributed by atoms with Crippen LogP contribution in [0, 0.1) is 0 Å². The van der Waals surface area contributed by atoms with Crippen LogP contribution < -0.4 is 31.2 Å². The van der Waals surface area contributed by atoms with Gasteiger partial charge in [-0.2, -0.15) is 13.2 Å². The number of nitrogens with zero attached hydrogens (tertiary/aromatic N) is 2. The third-order valence-electron chi connectivity index (χ3n) is 4.95. The first-order chi connectivity index (χ1) is 18.3. The van der Waals surface area contributed by atoms with Crippen LogP contribution in [-0.4, -0.2) is 29.2 Å². The second kappa shape index (κ2) is 11.9. The van der Waals surface area contributed by atoms with E-state index in [1.54, 1.807) is 30.3 Å². The fourth-order valence-electron chi connectivity index (χ4n) is 3.26. The normalized spacial score (nSPS) is 10.9. The number of hydrogen-bond acceptors (Lipinski definition) is 7. The van der Waals surface area contributed by atoms with E-state index in [1.807, 2.05) is 24.3 Å². The Hall–Kier alpha value is -4.84. The van der Waals surface area contributed by atoms with Crippen LogP contribution in [0.3, 0.4) is 0 Å². The van der Waals surface area contributed by atoms with Gasteiger partial charge in [-0.3, -0.25) is 0 Å². The maximum Gasteiger partial charge on any atom is 0.416 e. The van der Waals surface area contributed by atoms with Crippen molar-refractivity contribution in [1.82, 2.24) is 9.97 Å².